The number of hydrogen-bond donors (Lipinski definition) is 2. The van der Waals surface area contributed by atoms with Gasteiger partial charge in [-0.25, -0.2) is 0 Å². The molecule has 1 aliphatic rings. The van der Waals surface area contributed by atoms with Gasteiger partial charge in [0.25, 0.3) is 0 Å². The van der Waals surface area contributed by atoms with E-state index in [-0.39, 0.29) is 5.41 Å². The topological polar surface area (TPSA) is 27.8 Å². The largest absolute Gasteiger partial charge is 0.361 e. The Hall–Kier alpha value is -1.54. The van der Waals surface area contributed by atoms with E-state index in [0.29, 0.717) is 0 Å². The van der Waals surface area contributed by atoms with Crippen molar-refractivity contribution in [2.24, 2.45) is 0 Å². The molecule has 0 spiro atoms. The molecule has 1 aromatic carbocycles. The van der Waals surface area contributed by atoms with Crippen LogP contribution in [0.25, 0.3) is 16.5 Å². The molecule has 100 valence electrons. The second-order valence-corrected chi connectivity index (χ2v) is 6.41. The lowest BCUT2D eigenvalue weighted by Crippen LogP contribution is -2.21. The van der Waals surface area contributed by atoms with Crippen molar-refractivity contribution in [3.8, 4) is 0 Å². The quantitative estimate of drug-likeness (QED) is 0.795. The van der Waals surface area contributed by atoms with Crippen molar-refractivity contribution in [2.75, 3.05) is 13.1 Å². The summed E-state index contributed by atoms with van der Waals surface area (Å²) in [6, 6.07) is 6.81. The lowest BCUT2D eigenvalue weighted by atomic mass is 9.86. The van der Waals surface area contributed by atoms with Gasteiger partial charge in [-0.05, 0) is 35.6 Å². The van der Waals surface area contributed by atoms with E-state index in [1.54, 1.807) is 0 Å². The predicted octanol–water partition coefficient (Wildman–Crippen LogP) is 3.84. The Balaban J connectivity index is 2.07. The zero-order valence-corrected chi connectivity index (χ0v) is 12.0. The van der Waals surface area contributed by atoms with E-state index in [4.69, 9.17) is 0 Å². The molecule has 0 radical (unpaired) electrons. The summed E-state index contributed by atoms with van der Waals surface area (Å²) in [6.45, 7) is 8.84. The minimum absolute atomic E-state index is 0.200. The van der Waals surface area contributed by atoms with E-state index >= 15 is 0 Å². The lowest BCUT2D eigenvalue weighted by molar-refractivity contribution is 0.591. The zero-order valence-electron chi connectivity index (χ0n) is 12.0. The van der Waals surface area contributed by atoms with Crippen LogP contribution in [0.15, 0.2) is 30.5 Å². The SMILES string of the molecule is CC(C)(C)c1ccc2c(C3=CCCNC3)c[nH]c2c1. The van der Waals surface area contributed by atoms with Gasteiger partial charge in [-0.15, -0.1) is 0 Å². The minimum Gasteiger partial charge on any atom is -0.361 e. The van der Waals surface area contributed by atoms with Crippen LogP contribution in [-0.4, -0.2) is 18.1 Å². The maximum Gasteiger partial charge on any atom is 0.0463 e. The third-order valence-corrected chi connectivity index (χ3v) is 3.92. The van der Waals surface area contributed by atoms with Gasteiger partial charge in [0, 0.05) is 29.2 Å². The molecule has 2 aromatic rings. The zero-order chi connectivity index (χ0) is 13.5. The Morgan fingerprint density at radius 3 is 2.68 bits per heavy atom. The molecule has 0 atom stereocenters. The first-order valence-corrected chi connectivity index (χ1v) is 7.07. The van der Waals surface area contributed by atoms with Gasteiger partial charge in [-0.3, -0.25) is 0 Å². The Kier molecular flexibility index (Phi) is 2.98. The fourth-order valence-corrected chi connectivity index (χ4v) is 2.71. The molecule has 2 nitrogen and oxygen atoms in total. The van der Waals surface area contributed by atoms with Crippen molar-refractivity contribution in [3.63, 3.8) is 0 Å². The molecule has 0 aliphatic carbocycles. The van der Waals surface area contributed by atoms with E-state index in [1.807, 2.05) is 0 Å². The molecule has 3 rings (SSSR count). The normalized spacial score (nSPS) is 16.7. The predicted molar refractivity (Wildman–Crippen MR) is 82.5 cm³/mol. The van der Waals surface area contributed by atoms with Crippen LogP contribution in [0.2, 0.25) is 0 Å². The molecule has 0 unspecified atom stereocenters. The van der Waals surface area contributed by atoms with Crippen molar-refractivity contribution >= 4 is 16.5 Å². The van der Waals surface area contributed by atoms with E-state index in [2.05, 4.69) is 61.5 Å². The van der Waals surface area contributed by atoms with Gasteiger partial charge in [-0.2, -0.15) is 0 Å². The van der Waals surface area contributed by atoms with Crippen molar-refractivity contribution in [1.82, 2.24) is 10.3 Å². The Bertz CT molecular complexity index is 626. The first-order chi connectivity index (χ1) is 9.05. The van der Waals surface area contributed by atoms with E-state index in [0.717, 1.165) is 19.5 Å². The molecule has 1 aromatic heterocycles. The highest BCUT2D eigenvalue weighted by Crippen LogP contribution is 2.30. The third kappa shape index (κ3) is 2.33. The van der Waals surface area contributed by atoms with Crippen LogP contribution >= 0.6 is 0 Å². The van der Waals surface area contributed by atoms with Crippen LogP contribution in [0.1, 0.15) is 38.3 Å². The second-order valence-electron chi connectivity index (χ2n) is 6.41. The fraction of sp³-hybridized carbons (Fsp3) is 0.412. The number of aromatic amines is 1. The van der Waals surface area contributed by atoms with Crippen LogP contribution < -0.4 is 5.32 Å². The summed E-state index contributed by atoms with van der Waals surface area (Å²) < 4.78 is 0. The Morgan fingerprint density at radius 1 is 1.16 bits per heavy atom. The van der Waals surface area contributed by atoms with Crippen LogP contribution in [-0.2, 0) is 5.41 Å². The number of aromatic nitrogens is 1. The Labute approximate surface area is 114 Å². The van der Waals surface area contributed by atoms with Crippen molar-refractivity contribution in [3.05, 3.63) is 41.6 Å². The summed E-state index contributed by atoms with van der Waals surface area (Å²) in [4.78, 5) is 3.43. The molecule has 2 heteroatoms. The minimum atomic E-state index is 0.200. The maximum atomic E-state index is 3.44. The molecule has 0 amide bonds. The lowest BCUT2D eigenvalue weighted by Gasteiger charge is -2.19. The Morgan fingerprint density at radius 2 is 2.00 bits per heavy atom. The van der Waals surface area contributed by atoms with Crippen molar-refractivity contribution in [2.45, 2.75) is 32.6 Å². The molecule has 0 bridgehead atoms. The number of nitrogens with one attached hydrogen (secondary N) is 2. The van der Waals surface area contributed by atoms with E-state index < -0.39 is 0 Å². The van der Waals surface area contributed by atoms with Gasteiger partial charge in [0.05, 0.1) is 0 Å². The number of benzene rings is 1. The van der Waals surface area contributed by atoms with Crippen LogP contribution in [0.4, 0.5) is 0 Å². The molecule has 0 saturated heterocycles. The summed E-state index contributed by atoms with van der Waals surface area (Å²) >= 11 is 0. The fourth-order valence-electron chi connectivity index (χ4n) is 2.71. The molecule has 19 heavy (non-hydrogen) atoms. The summed E-state index contributed by atoms with van der Waals surface area (Å²) in [5.41, 5.74) is 5.59. The highest BCUT2D eigenvalue weighted by atomic mass is 14.9. The first-order valence-electron chi connectivity index (χ1n) is 7.07. The van der Waals surface area contributed by atoms with Crippen molar-refractivity contribution in [1.29, 1.82) is 0 Å². The van der Waals surface area contributed by atoms with Gasteiger partial charge in [0.1, 0.15) is 0 Å². The van der Waals surface area contributed by atoms with E-state index in [1.165, 1.54) is 27.6 Å². The number of hydrogen-bond acceptors (Lipinski definition) is 1. The highest BCUT2D eigenvalue weighted by molar-refractivity contribution is 5.93. The summed E-state index contributed by atoms with van der Waals surface area (Å²) in [7, 11) is 0. The molecule has 2 heterocycles. The third-order valence-electron chi connectivity index (χ3n) is 3.92. The maximum absolute atomic E-state index is 3.44. The van der Waals surface area contributed by atoms with Gasteiger partial charge in [0.15, 0.2) is 0 Å². The van der Waals surface area contributed by atoms with Crippen molar-refractivity contribution < 1.29 is 0 Å². The summed E-state index contributed by atoms with van der Waals surface area (Å²) in [6.07, 6.45) is 5.63. The van der Waals surface area contributed by atoms with E-state index in [9.17, 15) is 0 Å². The smallest absolute Gasteiger partial charge is 0.0463 e. The number of H-pyrrole nitrogens is 1. The standard InChI is InChI=1S/C17H22N2/c1-17(2,3)13-6-7-14-15(11-19-16(14)9-13)12-5-4-8-18-10-12/h5-7,9,11,18-19H,4,8,10H2,1-3H3. The molecular weight excluding hydrogens is 232 g/mol. The molecule has 2 N–H and O–H groups in total. The summed E-state index contributed by atoms with van der Waals surface area (Å²) in [5.74, 6) is 0. The van der Waals surface area contributed by atoms with Crippen LogP contribution in [0.3, 0.4) is 0 Å². The average Bonchev–Trinajstić information content (AvgIpc) is 2.81. The molecular formula is C17H22N2. The highest BCUT2D eigenvalue weighted by Gasteiger charge is 2.16. The summed E-state index contributed by atoms with van der Waals surface area (Å²) in [5, 5.41) is 4.78. The van der Waals surface area contributed by atoms with Crippen LogP contribution in [0, 0.1) is 0 Å². The average molecular weight is 254 g/mol. The number of rotatable bonds is 1. The van der Waals surface area contributed by atoms with Crippen LogP contribution in [0.5, 0.6) is 0 Å². The van der Waals surface area contributed by atoms with Gasteiger partial charge >= 0.3 is 0 Å². The second kappa shape index (κ2) is 4.53. The van der Waals surface area contributed by atoms with Gasteiger partial charge < -0.3 is 10.3 Å². The van der Waals surface area contributed by atoms with Gasteiger partial charge in [-0.1, -0.05) is 39.0 Å². The molecule has 0 fully saturated rings. The monoisotopic (exact) mass is 254 g/mol. The first kappa shape index (κ1) is 12.5. The molecule has 1 aliphatic heterocycles. The van der Waals surface area contributed by atoms with Gasteiger partial charge in [0.2, 0.25) is 0 Å². The number of fused-ring (bicyclic) bond motifs is 1. The molecule has 0 saturated carbocycles.